The van der Waals surface area contributed by atoms with Crippen molar-refractivity contribution in [3.05, 3.63) is 29.6 Å². The lowest BCUT2D eigenvalue weighted by Gasteiger charge is -2.26. The van der Waals surface area contributed by atoms with Crippen molar-refractivity contribution in [2.75, 3.05) is 13.6 Å². The van der Waals surface area contributed by atoms with Gasteiger partial charge in [0.15, 0.2) is 0 Å². The molecule has 4 nitrogen and oxygen atoms in total. The van der Waals surface area contributed by atoms with E-state index in [0.29, 0.717) is 18.7 Å². The normalized spacial score (nSPS) is 13.7. The van der Waals surface area contributed by atoms with Crippen LogP contribution < -0.4 is 5.32 Å². The molecular formula is C14H23FN2O2S. The third-order valence-corrected chi connectivity index (χ3v) is 5.47. The Balaban J connectivity index is 3.24. The van der Waals surface area contributed by atoms with Crippen LogP contribution in [-0.4, -0.2) is 32.4 Å². The molecular weight excluding hydrogens is 279 g/mol. The molecule has 0 bridgehead atoms. The fourth-order valence-corrected chi connectivity index (χ4v) is 3.86. The molecule has 1 aromatic carbocycles. The van der Waals surface area contributed by atoms with Gasteiger partial charge in [-0.15, -0.1) is 0 Å². The van der Waals surface area contributed by atoms with Gasteiger partial charge in [0.25, 0.3) is 0 Å². The largest absolute Gasteiger partial charge is 0.316 e. The number of nitrogens with one attached hydrogen (secondary N) is 1. The maximum absolute atomic E-state index is 13.6. The van der Waals surface area contributed by atoms with Crippen LogP contribution >= 0.6 is 0 Å². The summed E-state index contributed by atoms with van der Waals surface area (Å²) in [4.78, 5) is 0.145. The first-order valence-corrected chi connectivity index (χ1v) is 8.27. The molecule has 0 radical (unpaired) electrons. The number of sulfonamides is 1. The number of hydrogen-bond acceptors (Lipinski definition) is 3. The van der Waals surface area contributed by atoms with E-state index < -0.39 is 15.8 Å². The smallest absolute Gasteiger partial charge is 0.243 e. The summed E-state index contributed by atoms with van der Waals surface area (Å²) in [7, 11) is -1.89. The molecule has 1 unspecified atom stereocenters. The molecule has 114 valence electrons. The van der Waals surface area contributed by atoms with Gasteiger partial charge in [-0.3, -0.25) is 0 Å². The van der Waals surface area contributed by atoms with Crippen LogP contribution in [0.25, 0.3) is 0 Å². The van der Waals surface area contributed by atoms with Crippen LogP contribution in [0.3, 0.4) is 0 Å². The summed E-state index contributed by atoms with van der Waals surface area (Å²) in [6, 6.07) is 3.87. The molecule has 1 rings (SSSR count). The van der Waals surface area contributed by atoms with Gasteiger partial charge in [-0.1, -0.05) is 13.8 Å². The molecule has 0 aliphatic carbocycles. The first-order chi connectivity index (χ1) is 9.38. The minimum absolute atomic E-state index is 0.0807. The molecule has 0 aromatic heterocycles. The Morgan fingerprint density at radius 1 is 1.35 bits per heavy atom. The van der Waals surface area contributed by atoms with Crippen molar-refractivity contribution in [2.24, 2.45) is 0 Å². The highest BCUT2D eigenvalue weighted by Gasteiger charge is 2.27. The topological polar surface area (TPSA) is 49.4 Å². The highest BCUT2D eigenvalue weighted by molar-refractivity contribution is 7.89. The van der Waals surface area contributed by atoms with Crippen molar-refractivity contribution in [2.45, 2.75) is 44.7 Å². The van der Waals surface area contributed by atoms with Gasteiger partial charge in [-0.2, -0.15) is 4.31 Å². The number of rotatable bonds is 7. The van der Waals surface area contributed by atoms with Gasteiger partial charge in [-0.25, -0.2) is 12.8 Å². The van der Waals surface area contributed by atoms with Crippen molar-refractivity contribution in [3.63, 3.8) is 0 Å². The number of nitrogens with zero attached hydrogens (tertiary/aromatic N) is 1. The Hall–Kier alpha value is -0.980. The van der Waals surface area contributed by atoms with E-state index in [1.807, 2.05) is 20.8 Å². The summed E-state index contributed by atoms with van der Waals surface area (Å²) < 4.78 is 40.3. The molecule has 20 heavy (non-hydrogen) atoms. The second kappa shape index (κ2) is 7.15. The van der Waals surface area contributed by atoms with Crippen LogP contribution in [-0.2, 0) is 16.6 Å². The molecule has 1 atom stereocenters. The van der Waals surface area contributed by atoms with E-state index in [2.05, 4.69) is 5.32 Å². The zero-order valence-corrected chi connectivity index (χ0v) is 13.3. The molecule has 6 heteroatoms. The summed E-state index contributed by atoms with van der Waals surface area (Å²) in [6.07, 6.45) is 0.734. The van der Waals surface area contributed by atoms with Crippen LogP contribution in [0.2, 0.25) is 0 Å². The van der Waals surface area contributed by atoms with Crippen molar-refractivity contribution < 1.29 is 12.8 Å². The molecule has 0 heterocycles. The maximum atomic E-state index is 13.6. The Labute approximate surface area is 121 Å². The van der Waals surface area contributed by atoms with Gasteiger partial charge in [-0.05, 0) is 38.6 Å². The van der Waals surface area contributed by atoms with E-state index in [1.54, 1.807) is 7.05 Å². The predicted octanol–water partition coefficient (Wildman–Crippen LogP) is 2.35. The number of benzene rings is 1. The molecule has 0 aliphatic rings. The lowest BCUT2D eigenvalue weighted by Crippen LogP contribution is -2.38. The van der Waals surface area contributed by atoms with Gasteiger partial charge in [0, 0.05) is 24.7 Å². The lowest BCUT2D eigenvalue weighted by atomic mass is 10.2. The zero-order valence-electron chi connectivity index (χ0n) is 12.5. The lowest BCUT2D eigenvalue weighted by molar-refractivity contribution is 0.342. The zero-order chi connectivity index (χ0) is 15.3. The first-order valence-electron chi connectivity index (χ1n) is 6.83. The predicted molar refractivity (Wildman–Crippen MR) is 78.5 cm³/mol. The van der Waals surface area contributed by atoms with Crippen LogP contribution in [0.15, 0.2) is 23.1 Å². The fourth-order valence-electron chi connectivity index (χ4n) is 2.10. The second-order valence-corrected chi connectivity index (χ2v) is 6.64. The monoisotopic (exact) mass is 302 g/mol. The van der Waals surface area contributed by atoms with E-state index in [9.17, 15) is 12.8 Å². The Bertz CT molecular complexity index is 546. The summed E-state index contributed by atoms with van der Waals surface area (Å²) in [5.74, 6) is -0.398. The molecule has 0 aliphatic heterocycles. The van der Waals surface area contributed by atoms with Crippen LogP contribution in [0.1, 0.15) is 32.8 Å². The van der Waals surface area contributed by atoms with Crippen LogP contribution in [0.5, 0.6) is 0 Å². The van der Waals surface area contributed by atoms with Gasteiger partial charge in [0.05, 0.1) is 4.90 Å². The third kappa shape index (κ3) is 3.56. The van der Waals surface area contributed by atoms with E-state index in [0.717, 1.165) is 6.42 Å². The molecule has 1 N–H and O–H groups in total. The summed E-state index contributed by atoms with van der Waals surface area (Å²) in [5.41, 5.74) is 0.355. The highest BCUT2D eigenvalue weighted by atomic mass is 32.2. The number of halogens is 1. The van der Waals surface area contributed by atoms with Crippen molar-refractivity contribution >= 4 is 10.0 Å². The minimum Gasteiger partial charge on any atom is -0.316 e. The average Bonchev–Trinajstić information content (AvgIpc) is 2.41. The van der Waals surface area contributed by atoms with E-state index >= 15 is 0 Å². The summed E-state index contributed by atoms with van der Waals surface area (Å²) in [5, 5.41) is 2.83. The third-order valence-electron chi connectivity index (χ3n) is 3.39. The standard InChI is InChI=1S/C14H23FN2O2S/c1-5-11(3)17(6-2)20(18,19)13-7-8-14(15)12(9-13)10-16-4/h7-9,11,16H,5-6,10H2,1-4H3. The minimum atomic E-state index is -3.58. The fraction of sp³-hybridized carbons (Fsp3) is 0.571. The Kier molecular flexibility index (Phi) is 6.10. The van der Waals surface area contributed by atoms with Crippen molar-refractivity contribution in [3.8, 4) is 0 Å². The SMILES string of the molecule is CCC(C)N(CC)S(=O)(=O)c1ccc(F)c(CNC)c1. The molecule has 0 fully saturated rings. The summed E-state index contributed by atoms with van der Waals surface area (Å²) >= 11 is 0. The van der Waals surface area contributed by atoms with Crippen LogP contribution in [0, 0.1) is 5.82 Å². The Morgan fingerprint density at radius 2 is 2.00 bits per heavy atom. The van der Waals surface area contributed by atoms with E-state index in [4.69, 9.17) is 0 Å². The molecule has 0 saturated carbocycles. The second-order valence-electron chi connectivity index (χ2n) is 4.75. The van der Waals surface area contributed by atoms with Gasteiger partial charge in [0.2, 0.25) is 10.0 Å². The quantitative estimate of drug-likeness (QED) is 0.841. The van der Waals surface area contributed by atoms with Crippen molar-refractivity contribution in [1.82, 2.24) is 9.62 Å². The highest BCUT2D eigenvalue weighted by Crippen LogP contribution is 2.21. The van der Waals surface area contributed by atoms with Crippen LogP contribution in [0.4, 0.5) is 4.39 Å². The van der Waals surface area contributed by atoms with E-state index in [1.165, 1.54) is 22.5 Å². The molecule has 0 amide bonds. The molecule has 1 aromatic rings. The maximum Gasteiger partial charge on any atom is 0.243 e. The first kappa shape index (κ1) is 17.1. The molecule has 0 spiro atoms. The molecule has 0 saturated heterocycles. The van der Waals surface area contributed by atoms with Gasteiger partial charge >= 0.3 is 0 Å². The van der Waals surface area contributed by atoms with Gasteiger partial charge in [0.1, 0.15) is 5.82 Å². The number of hydrogen-bond donors (Lipinski definition) is 1. The van der Waals surface area contributed by atoms with E-state index in [-0.39, 0.29) is 10.9 Å². The summed E-state index contributed by atoms with van der Waals surface area (Å²) in [6.45, 7) is 6.32. The Morgan fingerprint density at radius 3 is 2.50 bits per heavy atom. The van der Waals surface area contributed by atoms with Gasteiger partial charge < -0.3 is 5.32 Å². The average molecular weight is 302 g/mol. The van der Waals surface area contributed by atoms with Crippen molar-refractivity contribution in [1.29, 1.82) is 0 Å².